The van der Waals surface area contributed by atoms with E-state index >= 15 is 0 Å². The Balaban J connectivity index is 1.22. The highest BCUT2D eigenvalue weighted by Crippen LogP contribution is 2.39. The van der Waals surface area contributed by atoms with E-state index in [1.807, 2.05) is 11.8 Å². The van der Waals surface area contributed by atoms with Gasteiger partial charge in [-0.1, -0.05) is 182 Å². The zero-order valence-corrected chi connectivity index (χ0v) is 31.5. The number of thioether (sulfide) groups is 1. The fourth-order valence-electron chi connectivity index (χ4n) is 8.32. The van der Waals surface area contributed by atoms with Gasteiger partial charge in [0.1, 0.15) is 5.82 Å². The summed E-state index contributed by atoms with van der Waals surface area (Å²) in [6, 6.07) is 76.3. The smallest absolute Gasteiger partial charge is 0.179 e. The quantitative estimate of drug-likeness (QED) is 0.120. The van der Waals surface area contributed by atoms with Gasteiger partial charge in [-0.2, -0.15) is 0 Å². The van der Waals surface area contributed by atoms with Crippen LogP contribution >= 0.6 is 11.8 Å². The van der Waals surface area contributed by atoms with Gasteiger partial charge in [-0.25, -0.2) is 4.98 Å². The Kier molecular flexibility index (Phi) is 8.20. The lowest BCUT2D eigenvalue weighted by Gasteiger charge is -2.35. The highest BCUT2D eigenvalue weighted by Gasteiger charge is 2.42. The van der Waals surface area contributed by atoms with E-state index in [4.69, 9.17) is 4.98 Å². The lowest BCUT2D eigenvalue weighted by Crippen LogP contribution is -2.74. The Labute approximate surface area is 321 Å². The summed E-state index contributed by atoms with van der Waals surface area (Å²) < 4.78 is 2.36. The maximum atomic E-state index is 5.01. The van der Waals surface area contributed by atoms with Crippen LogP contribution in [0.3, 0.4) is 0 Å². The van der Waals surface area contributed by atoms with Crippen LogP contribution in [0.5, 0.6) is 0 Å². The first kappa shape index (κ1) is 32.4. The molecule has 0 amide bonds. The third kappa shape index (κ3) is 5.54. The monoisotopic (exact) mass is 724 g/mol. The Morgan fingerprint density at radius 2 is 0.870 bits per heavy atom. The molecule has 4 heteroatoms. The molecule has 1 aliphatic heterocycles. The van der Waals surface area contributed by atoms with E-state index in [2.05, 4.69) is 211 Å². The van der Waals surface area contributed by atoms with Crippen LogP contribution in [0, 0.1) is 0 Å². The summed E-state index contributed by atoms with van der Waals surface area (Å²) in [6.45, 7) is 0. The molecule has 0 unspecified atom stereocenters. The van der Waals surface area contributed by atoms with E-state index in [1.165, 1.54) is 64.7 Å². The maximum absolute atomic E-state index is 5.01. The molecule has 256 valence electrons. The molecule has 0 saturated heterocycles. The SMILES string of the molecule is c1ccc(-c2cccc([Si](c3ccccc3)(c3cccc(-c4ccccc4)c3)c3cccc(-c4ccc5c(c4)-n4c(nc6ccccc64)CS5)c3)c2)cc1. The average Bonchev–Trinajstić information content (AvgIpc) is 3.65. The molecular formula is C50H36N2SSi. The van der Waals surface area contributed by atoms with E-state index in [-0.39, 0.29) is 0 Å². The number of fused-ring (bicyclic) bond motifs is 5. The molecule has 0 aliphatic carbocycles. The predicted octanol–water partition coefficient (Wildman–Crippen LogP) is 10.0. The van der Waals surface area contributed by atoms with Gasteiger partial charge >= 0.3 is 0 Å². The molecular weight excluding hydrogens is 689 g/mol. The standard InChI is InChI=1S/C50H36N2SSi/c1-4-15-36(16-5-1)38-19-12-24-43(31-38)54(42-22-8-3-9-23-42,44-25-13-20-39(32-44)37-17-6-2-7-18-37)45-26-14-21-40(33-45)41-29-30-49-48(34-41)52-47-28-11-10-27-46(47)51-50(52)35-53-49/h1-34H,35H2. The second kappa shape index (κ2) is 13.6. The minimum Gasteiger partial charge on any atom is -0.294 e. The summed E-state index contributed by atoms with van der Waals surface area (Å²) in [7, 11) is -2.92. The third-order valence-electron chi connectivity index (χ3n) is 10.8. The van der Waals surface area contributed by atoms with E-state index < -0.39 is 8.07 Å². The van der Waals surface area contributed by atoms with Gasteiger partial charge in [0.05, 0.1) is 22.5 Å². The van der Waals surface area contributed by atoms with Crippen molar-refractivity contribution in [2.24, 2.45) is 0 Å². The molecule has 0 fully saturated rings. The van der Waals surface area contributed by atoms with Crippen LogP contribution in [-0.4, -0.2) is 17.6 Å². The molecule has 2 heterocycles. The number of nitrogens with zero attached hydrogens (tertiary/aromatic N) is 2. The molecule has 0 saturated carbocycles. The van der Waals surface area contributed by atoms with Crippen molar-refractivity contribution < 1.29 is 0 Å². The van der Waals surface area contributed by atoms with Crippen LogP contribution < -0.4 is 20.7 Å². The Hall–Kier alpha value is -6.20. The largest absolute Gasteiger partial charge is 0.294 e. The molecule has 9 aromatic rings. The minimum atomic E-state index is -2.92. The summed E-state index contributed by atoms with van der Waals surface area (Å²) in [4.78, 5) is 6.29. The molecule has 2 nitrogen and oxygen atoms in total. The molecule has 1 aliphatic rings. The fourth-order valence-corrected chi connectivity index (χ4v) is 14.1. The van der Waals surface area contributed by atoms with E-state index in [0.717, 1.165) is 22.6 Å². The van der Waals surface area contributed by atoms with Crippen molar-refractivity contribution in [3.8, 4) is 39.1 Å². The van der Waals surface area contributed by atoms with Crippen molar-refractivity contribution in [2.75, 3.05) is 0 Å². The molecule has 0 radical (unpaired) electrons. The molecule has 0 N–H and O–H groups in total. The van der Waals surface area contributed by atoms with Crippen molar-refractivity contribution in [2.45, 2.75) is 10.6 Å². The van der Waals surface area contributed by atoms with Gasteiger partial charge < -0.3 is 0 Å². The van der Waals surface area contributed by atoms with Crippen LogP contribution in [-0.2, 0) is 5.75 Å². The van der Waals surface area contributed by atoms with Gasteiger partial charge in [0, 0.05) is 4.90 Å². The number of hydrogen-bond acceptors (Lipinski definition) is 2. The second-order valence-corrected chi connectivity index (χ2v) is 18.7. The first-order valence-corrected chi connectivity index (χ1v) is 21.5. The third-order valence-corrected chi connectivity index (χ3v) is 16.6. The molecule has 0 atom stereocenters. The highest BCUT2D eigenvalue weighted by molar-refractivity contribution is 7.98. The molecule has 10 rings (SSSR count). The number of aromatic nitrogens is 2. The topological polar surface area (TPSA) is 17.8 Å². The normalized spacial score (nSPS) is 12.3. The zero-order valence-electron chi connectivity index (χ0n) is 29.6. The molecule has 8 aromatic carbocycles. The van der Waals surface area contributed by atoms with Gasteiger partial charge in [0.2, 0.25) is 0 Å². The summed E-state index contributed by atoms with van der Waals surface area (Å²) in [6.07, 6.45) is 0. The predicted molar refractivity (Wildman–Crippen MR) is 231 cm³/mol. The first-order chi connectivity index (χ1) is 26.8. The molecule has 1 aromatic heterocycles. The summed E-state index contributed by atoms with van der Waals surface area (Å²) in [5, 5.41) is 5.42. The van der Waals surface area contributed by atoms with Crippen molar-refractivity contribution in [1.29, 1.82) is 0 Å². The molecule has 54 heavy (non-hydrogen) atoms. The lowest BCUT2D eigenvalue weighted by molar-refractivity contribution is 0.946. The van der Waals surface area contributed by atoms with Gasteiger partial charge in [0.25, 0.3) is 0 Å². The van der Waals surface area contributed by atoms with E-state index in [9.17, 15) is 0 Å². The lowest BCUT2D eigenvalue weighted by atomic mass is 10.0. The summed E-state index contributed by atoms with van der Waals surface area (Å²) in [5.74, 6) is 1.97. The number of hydrogen-bond donors (Lipinski definition) is 0. The van der Waals surface area contributed by atoms with Crippen molar-refractivity contribution in [3.05, 3.63) is 212 Å². The zero-order chi connectivity index (χ0) is 35.9. The van der Waals surface area contributed by atoms with Gasteiger partial charge in [0.15, 0.2) is 8.07 Å². The van der Waals surface area contributed by atoms with Crippen LogP contribution in [0.25, 0.3) is 50.1 Å². The number of para-hydroxylation sites is 2. The molecule has 0 bridgehead atoms. The first-order valence-electron chi connectivity index (χ1n) is 18.5. The van der Waals surface area contributed by atoms with Crippen LogP contribution in [0.4, 0.5) is 0 Å². The molecule has 0 spiro atoms. The Bertz CT molecular complexity index is 2690. The maximum Gasteiger partial charge on any atom is 0.179 e. The van der Waals surface area contributed by atoms with E-state index in [0.29, 0.717) is 0 Å². The van der Waals surface area contributed by atoms with Crippen LogP contribution in [0.15, 0.2) is 211 Å². The fraction of sp³-hybridized carbons (Fsp3) is 0.0200. The van der Waals surface area contributed by atoms with Gasteiger partial charge in [-0.3, -0.25) is 4.57 Å². The minimum absolute atomic E-state index is 0.867. The summed E-state index contributed by atoms with van der Waals surface area (Å²) in [5.41, 5.74) is 10.7. The van der Waals surface area contributed by atoms with Crippen molar-refractivity contribution >= 4 is 51.6 Å². The summed E-state index contributed by atoms with van der Waals surface area (Å²) >= 11 is 1.87. The van der Waals surface area contributed by atoms with Crippen molar-refractivity contribution in [1.82, 2.24) is 9.55 Å². The van der Waals surface area contributed by atoms with Crippen LogP contribution in [0.2, 0.25) is 0 Å². The van der Waals surface area contributed by atoms with E-state index in [1.54, 1.807) is 0 Å². The van der Waals surface area contributed by atoms with Crippen LogP contribution in [0.1, 0.15) is 5.82 Å². The van der Waals surface area contributed by atoms with Gasteiger partial charge in [-0.05, 0) is 78.4 Å². The highest BCUT2D eigenvalue weighted by atomic mass is 32.2. The Morgan fingerprint density at radius 1 is 0.407 bits per heavy atom. The number of benzene rings is 8. The van der Waals surface area contributed by atoms with Gasteiger partial charge in [-0.15, -0.1) is 11.8 Å². The average molecular weight is 725 g/mol. The number of rotatable bonds is 7. The number of imidazole rings is 1. The Morgan fingerprint density at radius 3 is 1.46 bits per heavy atom. The second-order valence-electron chi connectivity index (χ2n) is 13.9. The van der Waals surface area contributed by atoms with Crippen molar-refractivity contribution in [3.63, 3.8) is 0 Å².